The molecule has 0 atom stereocenters. The molecule has 0 fully saturated rings. The number of carbonyl (C=O) groups is 2. The molecular weight excluding hydrogens is 236 g/mol. The Bertz CT molecular complexity index is 507. The van der Waals surface area contributed by atoms with Crippen molar-refractivity contribution in [1.82, 2.24) is 9.47 Å². The highest BCUT2D eigenvalue weighted by Gasteiger charge is 2.18. The third kappa shape index (κ3) is 3.44. The van der Waals surface area contributed by atoms with Gasteiger partial charge in [0.2, 0.25) is 5.56 Å². The minimum Gasteiger partial charge on any atom is -0.480 e. The van der Waals surface area contributed by atoms with Crippen LogP contribution >= 0.6 is 0 Å². The predicted octanol–water partition coefficient (Wildman–Crippen LogP) is 0.322. The first-order chi connectivity index (χ1) is 8.45. The first kappa shape index (κ1) is 14.0. The van der Waals surface area contributed by atoms with Crippen LogP contribution in [0.4, 0.5) is 0 Å². The lowest BCUT2D eigenvalue weighted by molar-refractivity contribution is -0.137. The van der Waals surface area contributed by atoms with Crippen molar-refractivity contribution in [3.63, 3.8) is 0 Å². The van der Waals surface area contributed by atoms with E-state index in [1.807, 2.05) is 6.92 Å². The van der Waals surface area contributed by atoms with Crippen LogP contribution < -0.4 is 5.56 Å². The molecule has 0 saturated carbocycles. The molecule has 0 radical (unpaired) electrons. The van der Waals surface area contributed by atoms with Gasteiger partial charge in [-0.3, -0.25) is 14.4 Å². The highest BCUT2D eigenvalue weighted by Crippen LogP contribution is 2.03. The van der Waals surface area contributed by atoms with Crippen molar-refractivity contribution in [2.75, 3.05) is 13.1 Å². The summed E-state index contributed by atoms with van der Waals surface area (Å²) in [7, 11) is 1.54. The number of nitrogens with zero attached hydrogens (tertiary/aromatic N) is 2. The molecule has 1 rings (SSSR count). The van der Waals surface area contributed by atoms with Gasteiger partial charge >= 0.3 is 5.97 Å². The second kappa shape index (κ2) is 6.00. The zero-order valence-corrected chi connectivity index (χ0v) is 10.4. The molecule has 0 bridgehead atoms. The fraction of sp³-hybridized carbons (Fsp3) is 0.417. The van der Waals surface area contributed by atoms with E-state index in [2.05, 4.69) is 0 Å². The van der Waals surface area contributed by atoms with E-state index in [1.165, 1.54) is 27.8 Å². The van der Waals surface area contributed by atoms with Crippen LogP contribution in [-0.4, -0.2) is 39.5 Å². The summed E-state index contributed by atoms with van der Waals surface area (Å²) < 4.78 is 1.29. The van der Waals surface area contributed by atoms with Gasteiger partial charge in [-0.05, 0) is 12.5 Å². The van der Waals surface area contributed by atoms with Crippen molar-refractivity contribution in [3.8, 4) is 0 Å². The Kier molecular flexibility index (Phi) is 4.65. The van der Waals surface area contributed by atoms with E-state index >= 15 is 0 Å². The molecule has 0 unspecified atom stereocenters. The third-order valence-corrected chi connectivity index (χ3v) is 2.44. The Hall–Kier alpha value is -2.11. The van der Waals surface area contributed by atoms with Gasteiger partial charge in [-0.2, -0.15) is 0 Å². The van der Waals surface area contributed by atoms with E-state index in [1.54, 1.807) is 7.05 Å². The average Bonchev–Trinajstić information content (AvgIpc) is 2.31. The zero-order chi connectivity index (χ0) is 13.7. The Morgan fingerprint density at radius 3 is 2.56 bits per heavy atom. The molecule has 1 N–H and O–H groups in total. The summed E-state index contributed by atoms with van der Waals surface area (Å²) in [5.74, 6) is -1.43. The molecule has 1 aromatic heterocycles. The lowest BCUT2D eigenvalue weighted by atomic mass is 10.2. The first-order valence-electron chi connectivity index (χ1n) is 5.63. The maximum atomic E-state index is 12.1. The fourth-order valence-corrected chi connectivity index (χ4v) is 1.59. The topological polar surface area (TPSA) is 79.6 Å². The zero-order valence-electron chi connectivity index (χ0n) is 10.4. The molecule has 98 valence electrons. The quantitative estimate of drug-likeness (QED) is 0.818. The van der Waals surface area contributed by atoms with Gasteiger partial charge in [0, 0.05) is 25.9 Å². The van der Waals surface area contributed by atoms with Crippen LogP contribution in [-0.2, 0) is 11.8 Å². The largest absolute Gasteiger partial charge is 0.480 e. The highest BCUT2D eigenvalue weighted by molar-refractivity contribution is 5.95. The number of aryl methyl sites for hydroxylation is 1. The number of carbonyl (C=O) groups excluding carboxylic acids is 1. The van der Waals surface area contributed by atoms with E-state index < -0.39 is 5.97 Å². The second-order valence-electron chi connectivity index (χ2n) is 3.99. The molecule has 0 aromatic carbocycles. The minimum atomic E-state index is -1.05. The summed E-state index contributed by atoms with van der Waals surface area (Å²) in [6, 6.07) is 2.70. The highest BCUT2D eigenvalue weighted by atomic mass is 16.4. The molecule has 18 heavy (non-hydrogen) atoms. The van der Waals surface area contributed by atoms with Crippen LogP contribution in [0.1, 0.15) is 23.7 Å². The van der Waals surface area contributed by atoms with E-state index in [4.69, 9.17) is 5.11 Å². The fourth-order valence-electron chi connectivity index (χ4n) is 1.59. The van der Waals surface area contributed by atoms with Gasteiger partial charge in [0.25, 0.3) is 5.91 Å². The van der Waals surface area contributed by atoms with Gasteiger partial charge in [0.05, 0.1) is 5.56 Å². The second-order valence-corrected chi connectivity index (χ2v) is 3.99. The van der Waals surface area contributed by atoms with Gasteiger partial charge < -0.3 is 14.6 Å². The summed E-state index contributed by atoms with van der Waals surface area (Å²) >= 11 is 0. The third-order valence-electron chi connectivity index (χ3n) is 2.44. The standard InChI is InChI=1S/C12H16N2O4/c1-3-6-14(8-11(16)17)12(18)9-4-5-10(15)13(2)7-9/h4-5,7H,3,6,8H2,1-2H3,(H,16,17). The van der Waals surface area contributed by atoms with Crippen LogP contribution in [0.25, 0.3) is 0 Å². The molecule has 0 saturated heterocycles. The monoisotopic (exact) mass is 252 g/mol. The van der Waals surface area contributed by atoms with Crippen molar-refractivity contribution >= 4 is 11.9 Å². The van der Waals surface area contributed by atoms with Gasteiger partial charge in [-0.25, -0.2) is 0 Å². The summed E-state index contributed by atoms with van der Waals surface area (Å²) in [6.07, 6.45) is 2.08. The summed E-state index contributed by atoms with van der Waals surface area (Å²) in [4.78, 5) is 35.2. The number of carboxylic acid groups (broad SMARTS) is 1. The van der Waals surface area contributed by atoms with E-state index in [0.717, 1.165) is 0 Å². The van der Waals surface area contributed by atoms with E-state index in [-0.39, 0.29) is 18.0 Å². The lowest BCUT2D eigenvalue weighted by Crippen LogP contribution is -2.36. The van der Waals surface area contributed by atoms with Crippen LogP contribution in [0.15, 0.2) is 23.1 Å². The minimum absolute atomic E-state index is 0.216. The molecule has 6 heteroatoms. The molecule has 1 aromatic rings. The summed E-state index contributed by atoms with van der Waals surface area (Å²) in [5.41, 5.74) is 0.0960. The molecule has 1 heterocycles. The van der Waals surface area contributed by atoms with Crippen molar-refractivity contribution in [1.29, 1.82) is 0 Å². The molecule has 0 spiro atoms. The Labute approximate surface area is 104 Å². The molecule has 0 aliphatic rings. The number of pyridine rings is 1. The van der Waals surface area contributed by atoms with Crippen LogP contribution in [0.3, 0.4) is 0 Å². The van der Waals surface area contributed by atoms with Gasteiger partial charge in [0.1, 0.15) is 6.54 Å². The normalized spacial score (nSPS) is 10.1. The van der Waals surface area contributed by atoms with Crippen molar-refractivity contribution in [2.45, 2.75) is 13.3 Å². The number of rotatable bonds is 5. The van der Waals surface area contributed by atoms with Crippen molar-refractivity contribution in [2.24, 2.45) is 7.05 Å². The molecule has 0 aliphatic heterocycles. The number of hydrogen-bond donors (Lipinski definition) is 1. The maximum absolute atomic E-state index is 12.1. The van der Waals surface area contributed by atoms with E-state index in [9.17, 15) is 14.4 Å². The number of hydrogen-bond acceptors (Lipinski definition) is 3. The number of aliphatic carboxylic acids is 1. The van der Waals surface area contributed by atoms with Gasteiger partial charge in [-0.1, -0.05) is 6.92 Å². The number of carboxylic acids is 1. The smallest absolute Gasteiger partial charge is 0.323 e. The molecule has 0 aliphatic carbocycles. The van der Waals surface area contributed by atoms with Gasteiger partial charge in [-0.15, -0.1) is 0 Å². The summed E-state index contributed by atoms with van der Waals surface area (Å²) in [5, 5.41) is 8.76. The van der Waals surface area contributed by atoms with Crippen LogP contribution in [0.5, 0.6) is 0 Å². The maximum Gasteiger partial charge on any atom is 0.323 e. The lowest BCUT2D eigenvalue weighted by Gasteiger charge is -2.20. The Balaban J connectivity index is 2.97. The first-order valence-corrected chi connectivity index (χ1v) is 5.63. The predicted molar refractivity (Wildman–Crippen MR) is 65.5 cm³/mol. The Morgan fingerprint density at radius 1 is 1.39 bits per heavy atom. The molecule has 6 nitrogen and oxygen atoms in total. The number of amides is 1. The van der Waals surface area contributed by atoms with Crippen LogP contribution in [0.2, 0.25) is 0 Å². The SMILES string of the molecule is CCCN(CC(=O)O)C(=O)c1ccc(=O)n(C)c1. The molecule has 1 amide bonds. The van der Waals surface area contributed by atoms with E-state index in [0.29, 0.717) is 18.5 Å². The van der Waals surface area contributed by atoms with Crippen LogP contribution in [0, 0.1) is 0 Å². The van der Waals surface area contributed by atoms with Crippen molar-refractivity contribution < 1.29 is 14.7 Å². The van der Waals surface area contributed by atoms with Crippen molar-refractivity contribution in [3.05, 3.63) is 34.2 Å². The van der Waals surface area contributed by atoms with Gasteiger partial charge in [0.15, 0.2) is 0 Å². The Morgan fingerprint density at radius 2 is 2.06 bits per heavy atom. The summed E-state index contributed by atoms with van der Waals surface area (Å²) in [6.45, 7) is 1.90. The molecular formula is C12H16N2O4. The average molecular weight is 252 g/mol. The number of aromatic nitrogens is 1.